The molecule has 2 aromatic carbocycles. The number of fused-ring (bicyclic) bond motifs is 1. The Labute approximate surface area is 189 Å². The van der Waals surface area contributed by atoms with E-state index in [0.717, 1.165) is 25.7 Å². The minimum atomic E-state index is -3.76. The van der Waals surface area contributed by atoms with Crippen molar-refractivity contribution in [3.63, 3.8) is 0 Å². The van der Waals surface area contributed by atoms with E-state index in [1.54, 1.807) is 24.3 Å². The fourth-order valence-corrected chi connectivity index (χ4v) is 5.94. The summed E-state index contributed by atoms with van der Waals surface area (Å²) in [6.07, 6.45) is 5.44. The maximum atomic E-state index is 13.3. The molecule has 0 atom stereocenters. The van der Waals surface area contributed by atoms with Gasteiger partial charge < -0.3 is 10.2 Å². The van der Waals surface area contributed by atoms with Crippen LogP contribution in [0, 0.1) is 5.92 Å². The van der Waals surface area contributed by atoms with Crippen LogP contribution in [0.4, 0.5) is 5.69 Å². The smallest absolute Gasteiger partial charge is 0.241 e. The van der Waals surface area contributed by atoms with E-state index in [9.17, 15) is 18.0 Å². The van der Waals surface area contributed by atoms with E-state index in [2.05, 4.69) is 10.0 Å². The van der Waals surface area contributed by atoms with Crippen molar-refractivity contribution < 1.29 is 18.0 Å². The second-order valence-electron chi connectivity index (χ2n) is 8.80. The Morgan fingerprint density at radius 2 is 1.69 bits per heavy atom. The molecule has 1 saturated heterocycles. The van der Waals surface area contributed by atoms with Crippen molar-refractivity contribution in [2.75, 3.05) is 18.4 Å². The Hall–Kier alpha value is -2.45. The first-order chi connectivity index (χ1) is 15.4. The number of carbonyl (C=O) groups is 2. The summed E-state index contributed by atoms with van der Waals surface area (Å²) in [5.41, 5.74) is 0.638. The number of sulfonamides is 1. The summed E-state index contributed by atoms with van der Waals surface area (Å²) >= 11 is 0. The summed E-state index contributed by atoms with van der Waals surface area (Å²) < 4.78 is 29.3. The summed E-state index contributed by atoms with van der Waals surface area (Å²) in [6, 6.07) is 10.3. The van der Waals surface area contributed by atoms with Gasteiger partial charge in [-0.25, -0.2) is 13.1 Å². The van der Waals surface area contributed by atoms with E-state index < -0.39 is 10.0 Å². The summed E-state index contributed by atoms with van der Waals surface area (Å²) in [6.45, 7) is 3.12. The third-order valence-corrected chi connectivity index (χ3v) is 8.12. The van der Waals surface area contributed by atoms with Crippen LogP contribution in [-0.4, -0.2) is 44.3 Å². The van der Waals surface area contributed by atoms with Gasteiger partial charge >= 0.3 is 0 Å². The SMILES string of the molecule is CCCC(=O)N1CCC(NS(=O)(=O)c2ccc(NC(=O)C3CCC3)c3ccccc23)CC1. The van der Waals surface area contributed by atoms with Crippen molar-refractivity contribution >= 4 is 38.3 Å². The largest absolute Gasteiger partial charge is 0.343 e. The Morgan fingerprint density at radius 3 is 2.31 bits per heavy atom. The number of nitrogens with zero attached hydrogens (tertiary/aromatic N) is 1. The van der Waals surface area contributed by atoms with Crippen LogP contribution in [0.1, 0.15) is 51.9 Å². The highest BCUT2D eigenvalue weighted by molar-refractivity contribution is 7.89. The molecule has 0 spiro atoms. The molecule has 0 radical (unpaired) electrons. The van der Waals surface area contributed by atoms with Gasteiger partial charge in [-0.05, 0) is 44.2 Å². The normalized spacial score (nSPS) is 17.8. The van der Waals surface area contributed by atoms with Crippen LogP contribution in [0.15, 0.2) is 41.3 Å². The number of likely N-dealkylation sites (tertiary alicyclic amines) is 1. The van der Waals surface area contributed by atoms with Gasteiger partial charge in [0.05, 0.1) is 4.90 Å². The first kappa shape index (κ1) is 22.7. The maximum Gasteiger partial charge on any atom is 0.241 e. The zero-order valence-corrected chi connectivity index (χ0v) is 19.3. The van der Waals surface area contributed by atoms with Crippen LogP contribution < -0.4 is 10.0 Å². The summed E-state index contributed by atoms with van der Waals surface area (Å²) in [7, 11) is -3.76. The van der Waals surface area contributed by atoms with Gasteiger partial charge in [-0.3, -0.25) is 9.59 Å². The predicted octanol–water partition coefficient (Wildman–Crippen LogP) is 3.65. The summed E-state index contributed by atoms with van der Waals surface area (Å²) in [5, 5.41) is 4.28. The molecular formula is C24H31N3O4S. The lowest BCUT2D eigenvalue weighted by atomic mass is 9.85. The third-order valence-electron chi connectivity index (χ3n) is 6.54. The minimum absolute atomic E-state index is 0.000449. The lowest BCUT2D eigenvalue weighted by molar-refractivity contribution is -0.132. The van der Waals surface area contributed by atoms with Crippen LogP contribution in [-0.2, 0) is 19.6 Å². The van der Waals surface area contributed by atoms with Crippen LogP contribution in [0.25, 0.3) is 10.8 Å². The third kappa shape index (κ3) is 4.81. The van der Waals surface area contributed by atoms with Gasteiger partial charge in [0.2, 0.25) is 21.8 Å². The Bertz CT molecular complexity index is 1100. The first-order valence-electron chi connectivity index (χ1n) is 11.5. The molecule has 2 N–H and O–H groups in total. The highest BCUT2D eigenvalue weighted by atomic mass is 32.2. The van der Waals surface area contributed by atoms with Gasteiger partial charge in [0, 0.05) is 47.9 Å². The summed E-state index contributed by atoms with van der Waals surface area (Å²) in [4.78, 5) is 26.5. The monoisotopic (exact) mass is 457 g/mol. The average molecular weight is 458 g/mol. The number of nitrogens with one attached hydrogen (secondary N) is 2. The maximum absolute atomic E-state index is 13.3. The molecule has 2 amide bonds. The van der Waals surface area contributed by atoms with E-state index in [1.165, 1.54) is 0 Å². The van der Waals surface area contributed by atoms with Gasteiger partial charge in [0.15, 0.2) is 0 Å². The number of piperidine rings is 1. The molecule has 0 bridgehead atoms. The quantitative estimate of drug-likeness (QED) is 0.663. The van der Waals surface area contributed by atoms with Crippen molar-refractivity contribution in [2.24, 2.45) is 5.92 Å². The second-order valence-corrected chi connectivity index (χ2v) is 10.5. The molecule has 7 nitrogen and oxygen atoms in total. The van der Waals surface area contributed by atoms with Crippen molar-refractivity contribution in [1.29, 1.82) is 0 Å². The first-order valence-corrected chi connectivity index (χ1v) is 13.0. The molecule has 1 heterocycles. The second kappa shape index (κ2) is 9.58. The Morgan fingerprint density at radius 1 is 1.00 bits per heavy atom. The Kier molecular flexibility index (Phi) is 6.81. The minimum Gasteiger partial charge on any atom is -0.343 e. The number of amides is 2. The molecule has 4 rings (SSSR count). The Balaban J connectivity index is 1.51. The van der Waals surface area contributed by atoms with Crippen LogP contribution in [0.2, 0.25) is 0 Å². The standard InChI is InChI=1S/C24H31N3O4S/c1-2-6-23(28)27-15-13-18(14-16-27)26-32(30,31)22-12-11-21(19-9-3-4-10-20(19)22)25-24(29)17-7-5-8-17/h3-4,9-12,17-18,26H,2,5-8,13-16H2,1H3,(H,25,29). The average Bonchev–Trinajstić information content (AvgIpc) is 2.73. The molecule has 8 heteroatoms. The highest BCUT2D eigenvalue weighted by Gasteiger charge is 2.29. The fourth-order valence-electron chi connectivity index (χ4n) is 4.42. The number of carbonyl (C=O) groups excluding carboxylic acids is 2. The molecule has 0 aromatic heterocycles. The van der Waals surface area contributed by atoms with Crippen molar-refractivity contribution in [2.45, 2.75) is 62.8 Å². The number of hydrogen-bond acceptors (Lipinski definition) is 4. The summed E-state index contributed by atoms with van der Waals surface area (Å²) in [5.74, 6) is 0.188. The highest BCUT2D eigenvalue weighted by Crippen LogP contribution is 2.32. The lowest BCUT2D eigenvalue weighted by Crippen LogP contribution is -2.46. The number of rotatable bonds is 7. The van der Waals surface area contributed by atoms with E-state index in [4.69, 9.17) is 0 Å². The molecule has 1 aliphatic heterocycles. The molecule has 172 valence electrons. The predicted molar refractivity (Wildman–Crippen MR) is 125 cm³/mol. The molecule has 2 aliphatic rings. The van der Waals surface area contributed by atoms with Crippen molar-refractivity contribution in [3.8, 4) is 0 Å². The number of benzene rings is 2. The fraction of sp³-hybridized carbons (Fsp3) is 0.500. The number of anilines is 1. The van der Waals surface area contributed by atoms with E-state index in [1.807, 2.05) is 24.0 Å². The molecule has 1 aliphatic carbocycles. The van der Waals surface area contributed by atoms with Crippen molar-refractivity contribution in [1.82, 2.24) is 9.62 Å². The van der Waals surface area contributed by atoms with Crippen LogP contribution >= 0.6 is 0 Å². The van der Waals surface area contributed by atoms with E-state index in [-0.39, 0.29) is 28.7 Å². The molecule has 32 heavy (non-hydrogen) atoms. The van der Waals surface area contributed by atoms with Gasteiger partial charge in [0.1, 0.15) is 0 Å². The van der Waals surface area contributed by atoms with Crippen molar-refractivity contribution in [3.05, 3.63) is 36.4 Å². The van der Waals surface area contributed by atoms with Gasteiger partial charge in [-0.15, -0.1) is 0 Å². The van der Waals surface area contributed by atoms with Crippen LogP contribution in [0.3, 0.4) is 0 Å². The van der Waals surface area contributed by atoms with Gasteiger partial charge in [-0.1, -0.05) is 37.6 Å². The number of hydrogen-bond donors (Lipinski definition) is 2. The van der Waals surface area contributed by atoms with Gasteiger partial charge in [-0.2, -0.15) is 0 Å². The zero-order chi connectivity index (χ0) is 22.7. The molecule has 2 aromatic rings. The lowest BCUT2D eigenvalue weighted by Gasteiger charge is -2.32. The van der Waals surface area contributed by atoms with E-state index >= 15 is 0 Å². The topological polar surface area (TPSA) is 95.6 Å². The molecular weight excluding hydrogens is 426 g/mol. The molecule has 2 fully saturated rings. The molecule has 0 unspecified atom stereocenters. The van der Waals surface area contributed by atoms with E-state index in [0.29, 0.717) is 48.8 Å². The van der Waals surface area contributed by atoms with Gasteiger partial charge in [0.25, 0.3) is 0 Å². The zero-order valence-electron chi connectivity index (χ0n) is 18.5. The molecule has 1 saturated carbocycles. The van der Waals surface area contributed by atoms with Crippen LogP contribution in [0.5, 0.6) is 0 Å².